The van der Waals surface area contributed by atoms with Crippen LogP contribution in [0.2, 0.25) is 0 Å². The van der Waals surface area contributed by atoms with Gasteiger partial charge in [0.25, 0.3) is 6.01 Å². The third-order valence-corrected chi connectivity index (χ3v) is 5.63. The van der Waals surface area contributed by atoms with Gasteiger partial charge in [0, 0.05) is 32.7 Å². The molecule has 0 aromatic carbocycles. The van der Waals surface area contributed by atoms with Crippen LogP contribution in [0.1, 0.15) is 46.0 Å². The Morgan fingerprint density at radius 1 is 0.867 bits per heavy atom. The smallest absolute Gasteiger partial charge is 0.320 e. The summed E-state index contributed by atoms with van der Waals surface area (Å²) >= 11 is 0. The quantitative estimate of drug-likeness (QED) is 0.524. The molecule has 0 unspecified atom stereocenters. The van der Waals surface area contributed by atoms with Gasteiger partial charge in [0.2, 0.25) is 0 Å². The number of methoxy groups -OCH3 is 1. The Kier molecular flexibility index (Phi) is 8.50. The summed E-state index contributed by atoms with van der Waals surface area (Å²) in [6.07, 6.45) is 5.56. The van der Waals surface area contributed by atoms with Crippen molar-refractivity contribution >= 4 is 17.0 Å². The Hall–Kier alpha value is -2.13. The first-order valence-corrected chi connectivity index (χ1v) is 11.3. The maximum absolute atomic E-state index is 6.12. The summed E-state index contributed by atoms with van der Waals surface area (Å²) in [5.74, 6) is 0.326. The van der Waals surface area contributed by atoms with Crippen LogP contribution in [0.3, 0.4) is 0 Å². The van der Waals surface area contributed by atoms with Crippen LogP contribution in [-0.2, 0) is 6.54 Å². The molecule has 3 rings (SSSR count). The molecule has 2 aromatic heterocycles. The van der Waals surface area contributed by atoms with E-state index in [1.165, 1.54) is 32.5 Å². The summed E-state index contributed by atoms with van der Waals surface area (Å²) in [4.78, 5) is 18.4. The number of nitrogens with two attached hydrogens (primary N) is 1. The number of rotatable bonds is 12. The molecule has 0 aliphatic carbocycles. The molecule has 1 aliphatic rings. The van der Waals surface area contributed by atoms with Crippen LogP contribution in [0.15, 0.2) is 0 Å². The molecule has 9 heteroatoms. The number of hydrogen-bond donors (Lipinski definition) is 1. The Labute approximate surface area is 179 Å². The van der Waals surface area contributed by atoms with Crippen LogP contribution in [0, 0.1) is 0 Å². The second-order valence-corrected chi connectivity index (χ2v) is 7.91. The predicted octanol–water partition coefficient (Wildman–Crippen LogP) is 2.40. The van der Waals surface area contributed by atoms with E-state index in [-0.39, 0.29) is 0 Å². The van der Waals surface area contributed by atoms with Gasteiger partial charge in [0.05, 0.1) is 13.7 Å². The van der Waals surface area contributed by atoms with Crippen molar-refractivity contribution in [1.82, 2.24) is 29.3 Å². The van der Waals surface area contributed by atoms with Crippen molar-refractivity contribution in [3.8, 4) is 12.0 Å². The largest absolute Gasteiger partial charge is 0.468 e. The second-order valence-electron chi connectivity index (χ2n) is 7.91. The van der Waals surface area contributed by atoms with Crippen molar-refractivity contribution in [3.05, 3.63) is 0 Å². The topological polar surface area (TPSA) is 94.6 Å². The van der Waals surface area contributed by atoms with Gasteiger partial charge in [-0.3, -0.25) is 4.57 Å². The maximum atomic E-state index is 6.12. The third kappa shape index (κ3) is 5.72. The number of nitrogen functional groups attached to an aromatic ring is 1. The summed E-state index contributed by atoms with van der Waals surface area (Å²) in [6.45, 7) is 12.6. The fourth-order valence-corrected chi connectivity index (χ4v) is 3.78. The highest BCUT2D eigenvalue weighted by Gasteiger charge is 2.19. The number of hydrogen-bond acceptors (Lipinski definition) is 8. The lowest BCUT2D eigenvalue weighted by Crippen LogP contribution is -2.46. The first-order valence-electron chi connectivity index (χ1n) is 11.3. The average Bonchev–Trinajstić information content (AvgIpc) is 3.12. The minimum atomic E-state index is 0.306. The normalized spacial score (nSPS) is 15.7. The maximum Gasteiger partial charge on any atom is 0.320 e. The third-order valence-electron chi connectivity index (χ3n) is 5.63. The van der Waals surface area contributed by atoms with Gasteiger partial charge in [0.1, 0.15) is 0 Å². The molecule has 3 heterocycles. The molecule has 1 aliphatic heterocycles. The van der Waals surface area contributed by atoms with Gasteiger partial charge >= 0.3 is 6.01 Å². The summed E-state index contributed by atoms with van der Waals surface area (Å²) in [5, 5.41) is 0. The van der Waals surface area contributed by atoms with Crippen molar-refractivity contribution in [2.24, 2.45) is 0 Å². The standard InChI is InChI=1S/C21H37N7O2/c1-4-6-9-26-12-14-27(15-13-26)10-8-11-28-19-17(23-21(28)29-3)18(22)24-20(25-19)30-16-7-5-2/h4-16H2,1-3H3,(H2,22,24,25). The fourth-order valence-electron chi connectivity index (χ4n) is 3.78. The summed E-state index contributed by atoms with van der Waals surface area (Å²) < 4.78 is 13.1. The van der Waals surface area contributed by atoms with Gasteiger partial charge in [-0.25, -0.2) is 0 Å². The zero-order chi connectivity index (χ0) is 21.3. The van der Waals surface area contributed by atoms with Crippen LogP contribution in [0.5, 0.6) is 12.0 Å². The first-order chi connectivity index (χ1) is 14.7. The van der Waals surface area contributed by atoms with Gasteiger partial charge in [0.15, 0.2) is 17.0 Å². The minimum absolute atomic E-state index is 0.306. The van der Waals surface area contributed by atoms with Crippen molar-refractivity contribution in [2.45, 2.75) is 52.5 Å². The number of fused-ring (bicyclic) bond motifs is 1. The number of imidazole rings is 1. The molecule has 2 aromatic rings. The second kappa shape index (κ2) is 11.3. The Balaban J connectivity index is 1.60. The Morgan fingerprint density at radius 2 is 1.53 bits per heavy atom. The van der Waals surface area contributed by atoms with E-state index in [2.05, 4.69) is 38.6 Å². The van der Waals surface area contributed by atoms with Gasteiger partial charge in [-0.1, -0.05) is 26.7 Å². The molecule has 1 saturated heterocycles. The molecule has 9 nitrogen and oxygen atoms in total. The molecule has 0 atom stereocenters. The molecule has 0 bridgehead atoms. The van der Waals surface area contributed by atoms with Gasteiger partial charge in [-0.15, -0.1) is 0 Å². The Morgan fingerprint density at radius 3 is 2.17 bits per heavy atom. The Bertz CT molecular complexity index is 787. The molecule has 0 amide bonds. The average molecular weight is 420 g/mol. The predicted molar refractivity (Wildman–Crippen MR) is 119 cm³/mol. The van der Waals surface area contributed by atoms with Gasteiger partial charge in [-0.05, 0) is 32.4 Å². The van der Waals surface area contributed by atoms with E-state index < -0.39 is 0 Å². The van der Waals surface area contributed by atoms with E-state index in [1.807, 2.05) is 4.57 Å². The molecule has 0 saturated carbocycles. The monoisotopic (exact) mass is 419 g/mol. The van der Waals surface area contributed by atoms with Crippen LogP contribution in [0.4, 0.5) is 5.82 Å². The molecular formula is C21H37N7O2. The number of unbranched alkanes of at least 4 members (excludes halogenated alkanes) is 2. The van der Waals surface area contributed by atoms with E-state index in [0.717, 1.165) is 45.4 Å². The molecule has 1 fully saturated rings. The highest BCUT2D eigenvalue weighted by molar-refractivity contribution is 5.83. The molecule has 2 N–H and O–H groups in total. The van der Waals surface area contributed by atoms with E-state index in [1.54, 1.807) is 7.11 Å². The SMILES string of the molecule is CCCCOc1nc(N)c2nc(OC)n(CCCN3CCN(CCCC)CC3)c2n1. The van der Waals surface area contributed by atoms with Crippen LogP contribution < -0.4 is 15.2 Å². The van der Waals surface area contributed by atoms with Crippen LogP contribution in [0.25, 0.3) is 11.2 Å². The molecule has 30 heavy (non-hydrogen) atoms. The van der Waals surface area contributed by atoms with E-state index in [9.17, 15) is 0 Å². The highest BCUT2D eigenvalue weighted by Crippen LogP contribution is 2.25. The van der Waals surface area contributed by atoms with Crippen molar-refractivity contribution < 1.29 is 9.47 Å². The van der Waals surface area contributed by atoms with E-state index >= 15 is 0 Å². The summed E-state index contributed by atoms with van der Waals surface area (Å²) in [7, 11) is 1.62. The number of nitrogens with zero attached hydrogens (tertiary/aromatic N) is 6. The van der Waals surface area contributed by atoms with Crippen molar-refractivity contribution in [2.75, 3.05) is 58.7 Å². The molecule has 0 spiro atoms. The molecule has 0 radical (unpaired) electrons. The van der Waals surface area contributed by atoms with Crippen molar-refractivity contribution in [1.29, 1.82) is 0 Å². The van der Waals surface area contributed by atoms with Gasteiger partial charge in [-0.2, -0.15) is 15.0 Å². The lowest BCUT2D eigenvalue weighted by Gasteiger charge is -2.34. The highest BCUT2D eigenvalue weighted by atomic mass is 16.5. The lowest BCUT2D eigenvalue weighted by atomic mass is 10.2. The summed E-state index contributed by atoms with van der Waals surface area (Å²) in [6, 6.07) is 0.821. The first kappa shape index (κ1) is 22.6. The number of aromatic nitrogens is 4. The summed E-state index contributed by atoms with van der Waals surface area (Å²) in [5.41, 5.74) is 7.36. The molecule has 168 valence electrons. The van der Waals surface area contributed by atoms with Crippen molar-refractivity contribution in [3.63, 3.8) is 0 Å². The van der Waals surface area contributed by atoms with E-state index in [4.69, 9.17) is 15.2 Å². The fraction of sp³-hybridized carbons (Fsp3) is 0.762. The number of aryl methyl sites for hydroxylation is 1. The zero-order valence-corrected chi connectivity index (χ0v) is 18.8. The lowest BCUT2D eigenvalue weighted by molar-refractivity contribution is 0.129. The number of piperazine rings is 1. The zero-order valence-electron chi connectivity index (χ0n) is 18.8. The number of anilines is 1. The van der Waals surface area contributed by atoms with Crippen LogP contribution in [-0.4, -0.2) is 82.3 Å². The minimum Gasteiger partial charge on any atom is -0.468 e. The van der Waals surface area contributed by atoms with Gasteiger partial charge < -0.3 is 25.0 Å². The molecular weight excluding hydrogens is 382 g/mol. The van der Waals surface area contributed by atoms with Crippen LogP contribution >= 0.6 is 0 Å². The number of ether oxygens (including phenoxy) is 2. The van der Waals surface area contributed by atoms with E-state index in [0.29, 0.717) is 35.6 Å².